The molecule has 2 aromatic heterocycles. The number of hydrogen-bond donors (Lipinski definition) is 0. The summed E-state index contributed by atoms with van der Waals surface area (Å²) in [5, 5.41) is -0.0367. The highest BCUT2D eigenvalue weighted by atomic mass is 32.2. The second-order valence-electron chi connectivity index (χ2n) is 7.83. The van der Waals surface area contributed by atoms with Crippen LogP contribution in [0.3, 0.4) is 0 Å². The molecule has 3 rings (SSSR count). The Morgan fingerprint density at radius 2 is 1.87 bits per heavy atom. The van der Waals surface area contributed by atoms with Gasteiger partial charge in [-0.2, -0.15) is 0 Å². The lowest BCUT2D eigenvalue weighted by atomic mass is 10.1. The number of piperidine rings is 1. The molecule has 9 nitrogen and oxygen atoms in total. The first-order chi connectivity index (χ1) is 14.5. The van der Waals surface area contributed by atoms with Crippen LogP contribution in [0.4, 0.5) is 4.79 Å². The minimum absolute atomic E-state index is 0.0367. The first-order valence-electron chi connectivity index (χ1n) is 10.1. The van der Waals surface area contributed by atoms with Crippen LogP contribution in [0, 0.1) is 6.92 Å². The van der Waals surface area contributed by atoms with E-state index in [0.29, 0.717) is 43.1 Å². The SMILES string of the molecule is Cc1nc(S(C)(=O)=O)ccc1-n1ccc(OC2CCN(C(=O)OC(C)C)CC2)cc1=O. The summed E-state index contributed by atoms with van der Waals surface area (Å²) in [5.74, 6) is 0.447. The van der Waals surface area contributed by atoms with Crippen molar-refractivity contribution in [1.82, 2.24) is 14.5 Å². The number of likely N-dealkylation sites (tertiary alicyclic amines) is 1. The average Bonchev–Trinajstić information content (AvgIpc) is 2.68. The van der Waals surface area contributed by atoms with Crippen molar-refractivity contribution in [2.75, 3.05) is 19.3 Å². The number of carbonyl (C=O) groups excluding carboxylic acids is 1. The number of pyridine rings is 2. The van der Waals surface area contributed by atoms with Crippen LogP contribution < -0.4 is 10.3 Å². The van der Waals surface area contributed by atoms with Crippen LogP contribution in [0.25, 0.3) is 5.69 Å². The van der Waals surface area contributed by atoms with Crippen LogP contribution >= 0.6 is 0 Å². The van der Waals surface area contributed by atoms with Gasteiger partial charge in [0.05, 0.1) is 17.5 Å². The van der Waals surface area contributed by atoms with Gasteiger partial charge in [-0.05, 0) is 39.0 Å². The van der Waals surface area contributed by atoms with E-state index in [4.69, 9.17) is 9.47 Å². The normalized spacial score (nSPS) is 15.2. The minimum Gasteiger partial charge on any atom is -0.490 e. The Balaban J connectivity index is 1.67. The van der Waals surface area contributed by atoms with Gasteiger partial charge in [-0.3, -0.25) is 9.36 Å². The van der Waals surface area contributed by atoms with Gasteiger partial charge >= 0.3 is 6.09 Å². The fraction of sp³-hybridized carbons (Fsp3) is 0.476. The van der Waals surface area contributed by atoms with Crippen molar-refractivity contribution < 1.29 is 22.7 Å². The van der Waals surface area contributed by atoms with Crippen molar-refractivity contribution >= 4 is 15.9 Å². The van der Waals surface area contributed by atoms with E-state index >= 15 is 0 Å². The monoisotopic (exact) mass is 449 g/mol. The first kappa shape index (κ1) is 22.8. The number of hydrogen-bond acceptors (Lipinski definition) is 7. The van der Waals surface area contributed by atoms with Crippen LogP contribution in [-0.2, 0) is 14.6 Å². The molecule has 3 heterocycles. The van der Waals surface area contributed by atoms with E-state index in [1.807, 2.05) is 13.8 Å². The standard InChI is InChI=1S/C21H27N3O6S/c1-14(2)29-21(26)23-10-7-16(8-11-23)30-17-9-12-24(20(25)13-17)18-5-6-19(22-15(18)3)31(4,27)28/h5-6,9,12-14,16H,7-8,10-11H2,1-4H3. The van der Waals surface area contributed by atoms with Gasteiger partial charge in [0.2, 0.25) is 0 Å². The van der Waals surface area contributed by atoms with Crippen molar-refractivity contribution in [1.29, 1.82) is 0 Å². The Morgan fingerprint density at radius 3 is 2.42 bits per heavy atom. The smallest absolute Gasteiger partial charge is 0.410 e. The fourth-order valence-corrected chi connectivity index (χ4v) is 3.97. The molecule has 0 radical (unpaired) electrons. The predicted molar refractivity (Wildman–Crippen MR) is 115 cm³/mol. The Bertz CT molecular complexity index is 1120. The van der Waals surface area contributed by atoms with E-state index in [1.54, 1.807) is 30.2 Å². The maximum Gasteiger partial charge on any atom is 0.410 e. The van der Waals surface area contributed by atoms with E-state index < -0.39 is 9.84 Å². The molecule has 2 aromatic rings. The van der Waals surface area contributed by atoms with Crippen LogP contribution in [0.2, 0.25) is 0 Å². The zero-order valence-electron chi connectivity index (χ0n) is 18.1. The number of aryl methyl sites for hydroxylation is 1. The number of ether oxygens (including phenoxy) is 2. The number of rotatable bonds is 5. The van der Waals surface area contributed by atoms with Crippen molar-refractivity contribution in [2.45, 2.75) is 50.8 Å². The quantitative estimate of drug-likeness (QED) is 0.689. The van der Waals surface area contributed by atoms with E-state index in [-0.39, 0.29) is 28.9 Å². The average molecular weight is 450 g/mol. The zero-order valence-corrected chi connectivity index (χ0v) is 18.9. The molecule has 1 amide bonds. The Labute approximate surface area is 181 Å². The number of carbonyl (C=O) groups is 1. The summed E-state index contributed by atoms with van der Waals surface area (Å²) in [6.45, 7) is 6.34. The van der Waals surface area contributed by atoms with Crippen molar-refractivity contribution in [3.8, 4) is 11.4 Å². The molecule has 1 fully saturated rings. The van der Waals surface area contributed by atoms with Crippen molar-refractivity contribution in [3.05, 3.63) is 46.5 Å². The molecule has 1 saturated heterocycles. The lowest BCUT2D eigenvalue weighted by Gasteiger charge is -2.32. The van der Waals surface area contributed by atoms with E-state index in [0.717, 1.165) is 6.26 Å². The Kier molecular flexibility index (Phi) is 6.68. The van der Waals surface area contributed by atoms with E-state index in [1.165, 1.54) is 16.7 Å². The summed E-state index contributed by atoms with van der Waals surface area (Å²) in [6.07, 6.45) is 3.38. The summed E-state index contributed by atoms with van der Waals surface area (Å²) < 4.78 is 35.9. The molecule has 1 aliphatic rings. The van der Waals surface area contributed by atoms with Gasteiger partial charge in [-0.1, -0.05) is 0 Å². The molecule has 1 aliphatic heterocycles. The molecule has 0 unspecified atom stereocenters. The van der Waals surface area contributed by atoms with Crippen LogP contribution in [0.1, 0.15) is 32.4 Å². The molecule has 0 aromatic carbocycles. The number of aromatic nitrogens is 2. The molecular formula is C21H27N3O6S. The van der Waals surface area contributed by atoms with Gasteiger partial charge < -0.3 is 14.4 Å². The van der Waals surface area contributed by atoms with Gasteiger partial charge in [-0.25, -0.2) is 18.2 Å². The Hall–Kier alpha value is -2.88. The molecule has 31 heavy (non-hydrogen) atoms. The molecule has 10 heteroatoms. The molecule has 0 N–H and O–H groups in total. The van der Waals surface area contributed by atoms with Gasteiger partial charge in [0, 0.05) is 44.5 Å². The lowest BCUT2D eigenvalue weighted by Crippen LogP contribution is -2.42. The molecule has 168 valence electrons. The first-order valence-corrected chi connectivity index (χ1v) is 12.0. The minimum atomic E-state index is -3.42. The van der Waals surface area contributed by atoms with Gasteiger partial charge in [-0.15, -0.1) is 0 Å². The number of amides is 1. The molecule has 0 saturated carbocycles. The molecule has 0 bridgehead atoms. The second kappa shape index (κ2) is 9.09. The van der Waals surface area contributed by atoms with Crippen LogP contribution in [0.5, 0.6) is 5.75 Å². The van der Waals surface area contributed by atoms with Crippen molar-refractivity contribution in [3.63, 3.8) is 0 Å². The van der Waals surface area contributed by atoms with Gasteiger partial charge in [0.1, 0.15) is 11.9 Å². The Morgan fingerprint density at radius 1 is 1.19 bits per heavy atom. The lowest BCUT2D eigenvalue weighted by molar-refractivity contribution is 0.0516. The number of nitrogens with zero attached hydrogens (tertiary/aromatic N) is 3. The molecule has 0 atom stereocenters. The molecule has 0 spiro atoms. The summed E-state index contributed by atoms with van der Waals surface area (Å²) in [6, 6.07) is 6.02. The van der Waals surface area contributed by atoms with Gasteiger partial charge in [0.15, 0.2) is 14.9 Å². The van der Waals surface area contributed by atoms with E-state index in [9.17, 15) is 18.0 Å². The van der Waals surface area contributed by atoms with Gasteiger partial charge in [0.25, 0.3) is 5.56 Å². The second-order valence-corrected chi connectivity index (χ2v) is 9.80. The van der Waals surface area contributed by atoms with Crippen molar-refractivity contribution in [2.24, 2.45) is 0 Å². The zero-order chi connectivity index (χ0) is 22.8. The van der Waals surface area contributed by atoms with Crippen LogP contribution in [-0.4, -0.2) is 60.5 Å². The third kappa shape index (κ3) is 5.63. The maximum atomic E-state index is 12.6. The summed E-state index contributed by atoms with van der Waals surface area (Å²) in [4.78, 5) is 30.4. The van der Waals surface area contributed by atoms with Crippen LogP contribution in [0.15, 0.2) is 40.3 Å². The maximum absolute atomic E-state index is 12.6. The molecular weight excluding hydrogens is 422 g/mol. The largest absolute Gasteiger partial charge is 0.490 e. The van der Waals surface area contributed by atoms with E-state index in [2.05, 4.69) is 4.98 Å². The highest BCUT2D eigenvalue weighted by Crippen LogP contribution is 2.20. The summed E-state index contributed by atoms with van der Waals surface area (Å²) in [7, 11) is -3.42. The fourth-order valence-electron chi connectivity index (χ4n) is 3.35. The predicted octanol–water partition coefficient (Wildman–Crippen LogP) is 2.33. The highest BCUT2D eigenvalue weighted by molar-refractivity contribution is 7.90. The topological polar surface area (TPSA) is 108 Å². The molecule has 0 aliphatic carbocycles. The third-order valence-corrected chi connectivity index (χ3v) is 5.89. The summed E-state index contributed by atoms with van der Waals surface area (Å²) >= 11 is 0. The number of sulfone groups is 1. The highest BCUT2D eigenvalue weighted by Gasteiger charge is 2.25. The summed E-state index contributed by atoms with van der Waals surface area (Å²) in [5.41, 5.74) is 0.618. The third-order valence-electron chi connectivity index (χ3n) is 4.90.